The summed E-state index contributed by atoms with van der Waals surface area (Å²) in [4.78, 5) is 30.0. The van der Waals surface area contributed by atoms with E-state index >= 15 is 0 Å². The highest BCUT2D eigenvalue weighted by Crippen LogP contribution is 2.31. The molecule has 0 aliphatic heterocycles. The van der Waals surface area contributed by atoms with Crippen molar-refractivity contribution < 1.29 is 18.7 Å². The standard InChI is InChI=1S/C19H18N2O4S/c1-12-6-7-16(13(2)9-12)21(14(3)22)19-20-15(11-26-19)10-25-18(23)17-5-4-8-24-17/h4-9,11H,10H2,1-3H3. The minimum atomic E-state index is -0.553. The molecular weight excluding hydrogens is 352 g/mol. The van der Waals surface area contributed by atoms with Crippen molar-refractivity contribution in [1.82, 2.24) is 4.98 Å². The first kappa shape index (κ1) is 17.9. The predicted molar refractivity (Wildman–Crippen MR) is 98.7 cm³/mol. The van der Waals surface area contributed by atoms with E-state index in [4.69, 9.17) is 9.15 Å². The fourth-order valence-electron chi connectivity index (χ4n) is 2.53. The fourth-order valence-corrected chi connectivity index (χ4v) is 3.40. The molecular formula is C19H18N2O4S. The van der Waals surface area contributed by atoms with Gasteiger partial charge in [0.25, 0.3) is 0 Å². The van der Waals surface area contributed by atoms with Gasteiger partial charge in [-0.1, -0.05) is 17.7 Å². The molecule has 0 saturated heterocycles. The van der Waals surface area contributed by atoms with Gasteiger partial charge < -0.3 is 9.15 Å². The maximum absolute atomic E-state index is 12.2. The van der Waals surface area contributed by atoms with Crippen molar-refractivity contribution in [1.29, 1.82) is 0 Å². The Morgan fingerprint density at radius 3 is 2.73 bits per heavy atom. The summed E-state index contributed by atoms with van der Waals surface area (Å²) in [5, 5.41) is 2.30. The number of esters is 1. The molecule has 2 heterocycles. The highest BCUT2D eigenvalue weighted by atomic mass is 32.1. The van der Waals surface area contributed by atoms with Gasteiger partial charge in [0.1, 0.15) is 6.61 Å². The topological polar surface area (TPSA) is 72.6 Å². The number of rotatable bonds is 5. The Hall–Kier alpha value is -2.93. The molecule has 0 atom stereocenters. The van der Waals surface area contributed by atoms with Crippen LogP contribution in [0, 0.1) is 13.8 Å². The van der Waals surface area contributed by atoms with Gasteiger partial charge in [0.15, 0.2) is 5.13 Å². The van der Waals surface area contributed by atoms with E-state index < -0.39 is 5.97 Å². The number of aryl methyl sites for hydroxylation is 2. The van der Waals surface area contributed by atoms with Crippen molar-refractivity contribution in [2.75, 3.05) is 4.90 Å². The van der Waals surface area contributed by atoms with Crippen LogP contribution in [0.3, 0.4) is 0 Å². The molecule has 0 unspecified atom stereocenters. The summed E-state index contributed by atoms with van der Waals surface area (Å²) in [5.74, 6) is -0.547. The maximum atomic E-state index is 12.2. The first-order chi connectivity index (χ1) is 12.5. The van der Waals surface area contributed by atoms with E-state index in [0.29, 0.717) is 10.8 Å². The predicted octanol–water partition coefficient (Wildman–Crippen LogP) is 4.39. The average molecular weight is 370 g/mol. The highest BCUT2D eigenvalue weighted by molar-refractivity contribution is 7.14. The third-order valence-electron chi connectivity index (χ3n) is 3.71. The summed E-state index contributed by atoms with van der Waals surface area (Å²) >= 11 is 1.32. The molecule has 1 amide bonds. The summed E-state index contributed by atoms with van der Waals surface area (Å²) in [5.41, 5.74) is 3.47. The third kappa shape index (κ3) is 3.83. The van der Waals surface area contributed by atoms with E-state index in [1.807, 2.05) is 32.0 Å². The Balaban J connectivity index is 1.77. The molecule has 0 aliphatic carbocycles. The number of carbonyl (C=O) groups is 2. The second-order valence-electron chi connectivity index (χ2n) is 5.82. The van der Waals surface area contributed by atoms with Crippen molar-refractivity contribution in [3.05, 3.63) is 64.6 Å². The summed E-state index contributed by atoms with van der Waals surface area (Å²) in [7, 11) is 0. The zero-order valence-electron chi connectivity index (χ0n) is 14.7. The van der Waals surface area contributed by atoms with Crippen LogP contribution in [0.5, 0.6) is 0 Å². The molecule has 3 aromatic rings. The molecule has 26 heavy (non-hydrogen) atoms. The number of nitrogens with zero attached hydrogens (tertiary/aromatic N) is 2. The number of benzene rings is 1. The largest absolute Gasteiger partial charge is 0.457 e. The normalized spacial score (nSPS) is 10.6. The van der Waals surface area contributed by atoms with E-state index in [2.05, 4.69) is 4.98 Å². The summed E-state index contributed by atoms with van der Waals surface area (Å²) in [6.45, 7) is 5.47. The summed E-state index contributed by atoms with van der Waals surface area (Å²) in [6.07, 6.45) is 1.41. The summed E-state index contributed by atoms with van der Waals surface area (Å²) in [6, 6.07) is 9.03. The molecule has 1 aromatic carbocycles. The maximum Gasteiger partial charge on any atom is 0.374 e. The number of furan rings is 1. The van der Waals surface area contributed by atoms with Gasteiger partial charge in [0.2, 0.25) is 11.7 Å². The molecule has 0 bridgehead atoms. The van der Waals surface area contributed by atoms with Gasteiger partial charge >= 0.3 is 5.97 Å². The van der Waals surface area contributed by atoms with Crippen molar-refractivity contribution in [2.24, 2.45) is 0 Å². The fraction of sp³-hybridized carbons (Fsp3) is 0.211. The molecule has 0 saturated carbocycles. The van der Waals surface area contributed by atoms with E-state index in [9.17, 15) is 9.59 Å². The highest BCUT2D eigenvalue weighted by Gasteiger charge is 2.20. The van der Waals surface area contributed by atoms with E-state index in [-0.39, 0.29) is 18.3 Å². The van der Waals surface area contributed by atoms with Crippen LogP contribution in [0.15, 0.2) is 46.4 Å². The number of hydrogen-bond donors (Lipinski definition) is 0. The van der Waals surface area contributed by atoms with Crippen LogP contribution in [0.4, 0.5) is 10.8 Å². The smallest absolute Gasteiger partial charge is 0.374 e. The Morgan fingerprint density at radius 2 is 2.08 bits per heavy atom. The molecule has 0 aliphatic rings. The number of aromatic nitrogens is 1. The van der Waals surface area contributed by atoms with Crippen LogP contribution < -0.4 is 4.90 Å². The first-order valence-electron chi connectivity index (χ1n) is 7.98. The van der Waals surface area contributed by atoms with Gasteiger partial charge in [-0.3, -0.25) is 9.69 Å². The van der Waals surface area contributed by atoms with Crippen LogP contribution in [0.1, 0.15) is 34.3 Å². The van der Waals surface area contributed by atoms with Gasteiger partial charge in [-0.05, 0) is 37.6 Å². The molecule has 0 radical (unpaired) electrons. The first-order valence-corrected chi connectivity index (χ1v) is 8.86. The Bertz CT molecular complexity index is 931. The lowest BCUT2D eigenvalue weighted by molar-refractivity contribution is -0.115. The zero-order valence-corrected chi connectivity index (χ0v) is 15.5. The van der Waals surface area contributed by atoms with Gasteiger partial charge in [-0.25, -0.2) is 9.78 Å². The number of amides is 1. The minimum Gasteiger partial charge on any atom is -0.457 e. The summed E-state index contributed by atoms with van der Waals surface area (Å²) < 4.78 is 10.2. The molecule has 7 heteroatoms. The van der Waals surface area contributed by atoms with Gasteiger partial charge in [-0.15, -0.1) is 11.3 Å². The average Bonchev–Trinajstić information content (AvgIpc) is 3.26. The molecule has 0 spiro atoms. The Labute approximate surface area is 155 Å². The van der Waals surface area contributed by atoms with Gasteiger partial charge in [-0.2, -0.15) is 0 Å². The van der Waals surface area contributed by atoms with Gasteiger partial charge in [0.05, 0.1) is 17.6 Å². The van der Waals surface area contributed by atoms with Crippen LogP contribution in [0.2, 0.25) is 0 Å². The van der Waals surface area contributed by atoms with E-state index in [1.54, 1.807) is 16.3 Å². The van der Waals surface area contributed by atoms with Crippen LogP contribution in [-0.2, 0) is 16.1 Å². The number of thiazole rings is 1. The number of anilines is 2. The molecule has 134 valence electrons. The molecule has 0 N–H and O–H groups in total. The minimum absolute atomic E-state index is 0.00859. The second-order valence-corrected chi connectivity index (χ2v) is 6.66. The zero-order chi connectivity index (χ0) is 18.7. The Morgan fingerprint density at radius 1 is 1.27 bits per heavy atom. The molecule has 3 rings (SSSR count). The number of hydrogen-bond acceptors (Lipinski definition) is 6. The molecule has 6 nitrogen and oxygen atoms in total. The van der Waals surface area contributed by atoms with Gasteiger partial charge in [0, 0.05) is 12.3 Å². The lowest BCUT2D eigenvalue weighted by Gasteiger charge is -2.20. The molecule has 2 aromatic heterocycles. The van der Waals surface area contributed by atoms with Crippen molar-refractivity contribution >= 4 is 34.0 Å². The third-order valence-corrected chi connectivity index (χ3v) is 4.59. The van der Waals surface area contributed by atoms with E-state index in [0.717, 1.165) is 16.8 Å². The molecule has 0 fully saturated rings. The monoisotopic (exact) mass is 370 g/mol. The van der Waals surface area contributed by atoms with Crippen molar-refractivity contribution in [3.63, 3.8) is 0 Å². The Kier molecular flexibility index (Phi) is 5.18. The lowest BCUT2D eigenvalue weighted by atomic mass is 10.1. The van der Waals surface area contributed by atoms with Crippen LogP contribution in [0.25, 0.3) is 0 Å². The number of ether oxygens (including phenoxy) is 1. The second kappa shape index (κ2) is 7.53. The lowest BCUT2D eigenvalue weighted by Crippen LogP contribution is -2.23. The SMILES string of the molecule is CC(=O)N(c1nc(COC(=O)c2ccco2)cs1)c1ccc(C)cc1C. The van der Waals surface area contributed by atoms with Crippen molar-refractivity contribution in [3.8, 4) is 0 Å². The van der Waals surface area contributed by atoms with E-state index in [1.165, 1.54) is 30.6 Å². The van der Waals surface area contributed by atoms with Crippen LogP contribution >= 0.6 is 11.3 Å². The van der Waals surface area contributed by atoms with Crippen molar-refractivity contribution in [2.45, 2.75) is 27.4 Å². The van der Waals surface area contributed by atoms with Crippen LogP contribution in [-0.4, -0.2) is 16.9 Å². The quantitative estimate of drug-likeness (QED) is 0.623. The number of carbonyl (C=O) groups excluding carboxylic acids is 2.